The summed E-state index contributed by atoms with van der Waals surface area (Å²) >= 11 is 0. The Kier molecular flexibility index (Phi) is 3.96. The van der Waals surface area contributed by atoms with Gasteiger partial charge in [-0.1, -0.05) is 5.16 Å². The van der Waals surface area contributed by atoms with E-state index in [1.54, 1.807) is 31.2 Å². The first kappa shape index (κ1) is 13.8. The minimum absolute atomic E-state index is 0.0739. The monoisotopic (exact) mass is 287 g/mol. The lowest BCUT2D eigenvalue weighted by atomic mass is 10.1. The molecule has 0 saturated carbocycles. The number of nitrogens with zero attached hydrogens (tertiary/aromatic N) is 2. The summed E-state index contributed by atoms with van der Waals surface area (Å²) in [6.07, 6.45) is 1.01. The van der Waals surface area contributed by atoms with E-state index in [9.17, 15) is 4.79 Å². The number of hydrogen-bond acceptors (Lipinski definition) is 5. The van der Waals surface area contributed by atoms with Crippen LogP contribution in [0.5, 0.6) is 0 Å². The van der Waals surface area contributed by atoms with Crippen LogP contribution >= 0.6 is 0 Å². The Hall–Kier alpha value is -2.21. The summed E-state index contributed by atoms with van der Waals surface area (Å²) in [6.45, 7) is 3.94. The predicted octanol–water partition coefficient (Wildman–Crippen LogP) is 1.81. The van der Waals surface area contributed by atoms with Crippen molar-refractivity contribution in [1.82, 2.24) is 15.5 Å². The van der Waals surface area contributed by atoms with Gasteiger partial charge in [0.15, 0.2) is 5.82 Å². The molecule has 1 aromatic heterocycles. The zero-order valence-electron chi connectivity index (χ0n) is 11.8. The van der Waals surface area contributed by atoms with E-state index in [0.29, 0.717) is 29.7 Å². The highest BCUT2D eigenvalue weighted by atomic mass is 16.5. The quantitative estimate of drug-likeness (QED) is 0.928. The number of ether oxygens (including phenoxy) is 1. The van der Waals surface area contributed by atoms with Crippen molar-refractivity contribution in [3.05, 3.63) is 35.7 Å². The van der Waals surface area contributed by atoms with Crippen LogP contribution in [0.1, 0.15) is 22.6 Å². The molecule has 0 aliphatic carbocycles. The Labute approximate surface area is 122 Å². The van der Waals surface area contributed by atoms with Gasteiger partial charge in [0.05, 0.1) is 6.61 Å². The zero-order valence-corrected chi connectivity index (χ0v) is 11.8. The lowest BCUT2D eigenvalue weighted by Gasteiger charge is -2.09. The molecule has 1 aliphatic heterocycles. The molecule has 1 aliphatic rings. The lowest BCUT2D eigenvalue weighted by molar-refractivity contribution is 0.0945. The molecule has 110 valence electrons. The largest absolute Gasteiger partial charge is 0.381 e. The normalized spacial score (nSPS) is 17.9. The van der Waals surface area contributed by atoms with E-state index >= 15 is 0 Å². The number of carbonyl (C=O) groups is 1. The molecule has 0 unspecified atom stereocenters. The minimum atomic E-state index is -0.0739. The number of aromatic nitrogens is 2. The van der Waals surface area contributed by atoms with Crippen LogP contribution < -0.4 is 5.32 Å². The van der Waals surface area contributed by atoms with Gasteiger partial charge in [-0.2, -0.15) is 4.98 Å². The maximum Gasteiger partial charge on any atom is 0.257 e. The summed E-state index contributed by atoms with van der Waals surface area (Å²) in [5.74, 6) is 1.40. The first-order valence-corrected chi connectivity index (χ1v) is 6.99. The SMILES string of the molecule is Cc1noc(-c2ccc(C(=O)NC[C@H]3CCOC3)cc2)n1. The van der Waals surface area contributed by atoms with Crippen molar-refractivity contribution in [3.8, 4) is 11.5 Å². The van der Waals surface area contributed by atoms with Crippen LogP contribution in [0.4, 0.5) is 0 Å². The second-order valence-corrected chi connectivity index (χ2v) is 5.16. The molecule has 1 N–H and O–H groups in total. The van der Waals surface area contributed by atoms with E-state index in [1.165, 1.54) is 0 Å². The van der Waals surface area contributed by atoms with Crippen LogP contribution in [-0.4, -0.2) is 35.8 Å². The van der Waals surface area contributed by atoms with E-state index < -0.39 is 0 Å². The zero-order chi connectivity index (χ0) is 14.7. The van der Waals surface area contributed by atoms with Gasteiger partial charge in [0.2, 0.25) is 0 Å². The molecule has 0 radical (unpaired) electrons. The first-order chi connectivity index (χ1) is 10.2. The first-order valence-electron chi connectivity index (χ1n) is 6.99. The van der Waals surface area contributed by atoms with Gasteiger partial charge in [0.1, 0.15) is 0 Å². The lowest BCUT2D eigenvalue weighted by Crippen LogP contribution is -2.29. The fourth-order valence-electron chi connectivity index (χ4n) is 2.26. The van der Waals surface area contributed by atoms with Gasteiger partial charge in [0, 0.05) is 30.2 Å². The molecule has 1 fully saturated rings. The van der Waals surface area contributed by atoms with Crippen LogP contribution in [-0.2, 0) is 4.74 Å². The molecule has 1 aromatic carbocycles. The average molecular weight is 287 g/mol. The Balaban J connectivity index is 1.61. The average Bonchev–Trinajstić information content (AvgIpc) is 3.16. The highest BCUT2D eigenvalue weighted by molar-refractivity contribution is 5.94. The highest BCUT2D eigenvalue weighted by Crippen LogP contribution is 2.17. The molecule has 0 spiro atoms. The number of carbonyl (C=O) groups excluding carboxylic acids is 1. The molecular weight excluding hydrogens is 270 g/mol. The number of nitrogens with one attached hydrogen (secondary N) is 1. The molecule has 2 aromatic rings. The van der Waals surface area contributed by atoms with Crippen LogP contribution in [0.3, 0.4) is 0 Å². The maximum absolute atomic E-state index is 12.0. The summed E-state index contributed by atoms with van der Waals surface area (Å²) in [5, 5.41) is 6.68. The Morgan fingerprint density at radius 1 is 1.38 bits per heavy atom. The van der Waals surface area contributed by atoms with E-state index in [-0.39, 0.29) is 5.91 Å². The predicted molar refractivity (Wildman–Crippen MR) is 75.7 cm³/mol. The van der Waals surface area contributed by atoms with E-state index in [4.69, 9.17) is 9.26 Å². The third-order valence-electron chi connectivity index (χ3n) is 3.50. The molecule has 6 nitrogen and oxygen atoms in total. The van der Waals surface area contributed by atoms with E-state index in [0.717, 1.165) is 25.2 Å². The summed E-state index contributed by atoms with van der Waals surface area (Å²) in [5.41, 5.74) is 1.42. The molecule has 0 bridgehead atoms. The molecule has 1 saturated heterocycles. The molecule has 1 amide bonds. The Bertz CT molecular complexity index is 615. The minimum Gasteiger partial charge on any atom is -0.381 e. The van der Waals surface area contributed by atoms with Crippen molar-refractivity contribution in [2.75, 3.05) is 19.8 Å². The van der Waals surface area contributed by atoms with E-state index in [2.05, 4.69) is 15.5 Å². The topological polar surface area (TPSA) is 77.2 Å². The third kappa shape index (κ3) is 3.28. The number of rotatable bonds is 4. The van der Waals surface area contributed by atoms with Crippen LogP contribution in [0.15, 0.2) is 28.8 Å². The molecular formula is C15H17N3O3. The second-order valence-electron chi connectivity index (χ2n) is 5.16. The van der Waals surface area contributed by atoms with Crippen LogP contribution in [0.2, 0.25) is 0 Å². The smallest absolute Gasteiger partial charge is 0.257 e. The molecule has 2 heterocycles. The van der Waals surface area contributed by atoms with Crippen molar-refractivity contribution >= 4 is 5.91 Å². The van der Waals surface area contributed by atoms with Crippen molar-refractivity contribution < 1.29 is 14.1 Å². The second kappa shape index (κ2) is 6.05. The van der Waals surface area contributed by atoms with Crippen LogP contribution in [0.25, 0.3) is 11.5 Å². The Morgan fingerprint density at radius 2 is 2.19 bits per heavy atom. The van der Waals surface area contributed by atoms with Gasteiger partial charge < -0.3 is 14.6 Å². The molecule has 6 heteroatoms. The van der Waals surface area contributed by atoms with Gasteiger partial charge in [-0.25, -0.2) is 0 Å². The number of amides is 1. The van der Waals surface area contributed by atoms with Crippen molar-refractivity contribution in [3.63, 3.8) is 0 Å². The van der Waals surface area contributed by atoms with Crippen molar-refractivity contribution in [1.29, 1.82) is 0 Å². The summed E-state index contributed by atoms with van der Waals surface area (Å²) in [4.78, 5) is 16.2. The summed E-state index contributed by atoms with van der Waals surface area (Å²) in [6, 6.07) is 7.13. The van der Waals surface area contributed by atoms with Gasteiger partial charge in [0.25, 0.3) is 11.8 Å². The fraction of sp³-hybridized carbons (Fsp3) is 0.400. The van der Waals surface area contributed by atoms with E-state index in [1.807, 2.05) is 0 Å². The van der Waals surface area contributed by atoms with Gasteiger partial charge in [-0.3, -0.25) is 4.79 Å². The summed E-state index contributed by atoms with van der Waals surface area (Å²) < 4.78 is 10.4. The molecule has 1 atom stereocenters. The standard InChI is InChI=1S/C15H17N3O3/c1-10-17-15(21-18-10)13-4-2-12(3-5-13)14(19)16-8-11-6-7-20-9-11/h2-5,11H,6-9H2,1H3,(H,16,19)/t11-/m1/s1. The fourth-order valence-corrected chi connectivity index (χ4v) is 2.26. The highest BCUT2D eigenvalue weighted by Gasteiger charge is 2.17. The third-order valence-corrected chi connectivity index (χ3v) is 3.50. The van der Waals surface area contributed by atoms with Gasteiger partial charge in [-0.15, -0.1) is 0 Å². The van der Waals surface area contributed by atoms with Crippen molar-refractivity contribution in [2.24, 2.45) is 5.92 Å². The maximum atomic E-state index is 12.0. The van der Waals surface area contributed by atoms with Gasteiger partial charge in [-0.05, 0) is 37.6 Å². The molecule has 21 heavy (non-hydrogen) atoms. The number of aryl methyl sites for hydroxylation is 1. The number of hydrogen-bond donors (Lipinski definition) is 1. The van der Waals surface area contributed by atoms with Crippen molar-refractivity contribution in [2.45, 2.75) is 13.3 Å². The van der Waals surface area contributed by atoms with Gasteiger partial charge >= 0.3 is 0 Å². The Morgan fingerprint density at radius 3 is 2.81 bits per heavy atom. The number of benzene rings is 1. The summed E-state index contributed by atoms with van der Waals surface area (Å²) in [7, 11) is 0. The molecule has 3 rings (SSSR count). The van der Waals surface area contributed by atoms with Crippen LogP contribution in [0, 0.1) is 12.8 Å².